The lowest BCUT2D eigenvalue weighted by molar-refractivity contribution is -0.384. The van der Waals surface area contributed by atoms with Crippen molar-refractivity contribution in [2.45, 2.75) is 13.0 Å². The molecular formula is C15H16N4O3. The van der Waals surface area contributed by atoms with E-state index in [1.54, 1.807) is 7.05 Å². The molecule has 0 bridgehead atoms. The first kappa shape index (κ1) is 15.4. The Labute approximate surface area is 127 Å². The van der Waals surface area contributed by atoms with E-state index in [-0.39, 0.29) is 17.4 Å². The van der Waals surface area contributed by atoms with Crippen molar-refractivity contribution in [2.75, 3.05) is 12.4 Å². The molecule has 1 aromatic carbocycles. The molecular weight excluding hydrogens is 284 g/mol. The molecule has 0 unspecified atom stereocenters. The highest BCUT2D eigenvalue weighted by atomic mass is 16.6. The lowest BCUT2D eigenvalue weighted by Crippen LogP contribution is -2.33. The molecule has 2 amide bonds. The first-order chi connectivity index (χ1) is 10.5. The maximum atomic E-state index is 12.3. The molecule has 114 valence electrons. The van der Waals surface area contributed by atoms with Crippen LogP contribution >= 0.6 is 0 Å². The van der Waals surface area contributed by atoms with E-state index >= 15 is 0 Å². The number of hydrogen-bond acceptors (Lipinski definition) is 4. The van der Waals surface area contributed by atoms with Crippen LogP contribution < -0.4 is 5.32 Å². The number of carbonyl (C=O) groups is 1. The van der Waals surface area contributed by atoms with Gasteiger partial charge in [-0.05, 0) is 18.6 Å². The molecule has 2 rings (SSSR count). The van der Waals surface area contributed by atoms with E-state index in [0.29, 0.717) is 0 Å². The molecule has 0 fully saturated rings. The number of benzene rings is 1. The maximum Gasteiger partial charge on any atom is 0.322 e. The van der Waals surface area contributed by atoms with Gasteiger partial charge in [0.25, 0.3) is 0 Å². The van der Waals surface area contributed by atoms with Crippen molar-refractivity contribution < 1.29 is 9.72 Å². The van der Waals surface area contributed by atoms with Gasteiger partial charge in [0.2, 0.25) is 0 Å². The monoisotopic (exact) mass is 300 g/mol. The molecule has 0 spiro atoms. The van der Waals surface area contributed by atoms with Crippen LogP contribution in [-0.4, -0.2) is 27.9 Å². The van der Waals surface area contributed by atoms with Crippen LogP contribution in [0.2, 0.25) is 0 Å². The van der Waals surface area contributed by atoms with Crippen molar-refractivity contribution in [1.29, 1.82) is 0 Å². The second-order valence-corrected chi connectivity index (χ2v) is 4.78. The summed E-state index contributed by atoms with van der Waals surface area (Å²) < 4.78 is 0. The predicted molar refractivity (Wildman–Crippen MR) is 82.5 cm³/mol. The normalized spacial score (nSPS) is 11.5. The van der Waals surface area contributed by atoms with E-state index in [1.165, 1.54) is 17.2 Å². The third-order valence-electron chi connectivity index (χ3n) is 3.42. The van der Waals surface area contributed by atoms with Crippen LogP contribution in [0.4, 0.5) is 16.2 Å². The Bertz CT molecular complexity index is 675. The number of pyridine rings is 1. The minimum atomic E-state index is -0.580. The summed E-state index contributed by atoms with van der Waals surface area (Å²) in [5.74, 6) is 0. The zero-order valence-electron chi connectivity index (χ0n) is 12.3. The number of rotatable bonds is 4. The molecule has 0 saturated carbocycles. The van der Waals surface area contributed by atoms with Crippen LogP contribution in [0.1, 0.15) is 18.5 Å². The Kier molecular flexibility index (Phi) is 4.67. The molecule has 0 aliphatic heterocycles. The number of nitrogens with zero attached hydrogens (tertiary/aromatic N) is 3. The number of carbonyl (C=O) groups excluding carboxylic acids is 1. The zero-order valence-corrected chi connectivity index (χ0v) is 12.3. The molecule has 1 N–H and O–H groups in total. The number of nitrogens with one attached hydrogen (secondary N) is 1. The van der Waals surface area contributed by atoms with E-state index in [2.05, 4.69) is 10.3 Å². The third kappa shape index (κ3) is 3.38. The Morgan fingerprint density at radius 2 is 2.00 bits per heavy atom. The molecule has 0 aliphatic rings. The quantitative estimate of drug-likeness (QED) is 0.693. The predicted octanol–water partition coefficient (Wildman–Crippen LogP) is 3.21. The Hall–Kier alpha value is -2.96. The number of urea groups is 1. The molecule has 0 saturated heterocycles. The van der Waals surface area contributed by atoms with Crippen LogP contribution in [0.15, 0.2) is 48.8 Å². The Balaban J connectivity index is 2.14. The number of aromatic nitrogens is 1. The fourth-order valence-electron chi connectivity index (χ4n) is 1.97. The van der Waals surface area contributed by atoms with Crippen molar-refractivity contribution in [3.8, 4) is 0 Å². The van der Waals surface area contributed by atoms with Gasteiger partial charge < -0.3 is 10.2 Å². The summed E-state index contributed by atoms with van der Waals surface area (Å²) in [7, 11) is 1.64. The molecule has 22 heavy (non-hydrogen) atoms. The molecule has 2 aromatic rings. The number of amides is 2. The van der Waals surface area contributed by atoms with Crippen LogP contribution in [-0.2, 0) is 0 Å². The standard InChI is InChI=1S/C15H16N4O3/c1-11(12-6-4-3-5-7-12)18(2)15(20)17-13-8-9-16-10-14(13)19(21)22/h3-11H,1-2H3,(H,16,17,20)/t11-/m0/s1. The fraction of sp³-hybridized carbons (Fsp3) is 0.200. The fourth-order valence-corrected chi connectivity index (χ4v) is 1.97. The molecule has 1 aromatic heterocycles. The van der Waals surface area contributed by atoms with Crippen molar-refractivity contribution in [3.05, 3.63) is 64.5 Å². The average molecular weight is 300 g/mol. The summed E-state index contributed by atoms with van der Waals surface area (Å²) in [5.41, 5.74) is 0.859. The first-order valence-electron chi connectivity index (χ1n) is 6.68. The second kappa shape index (κ2) is 6.66. The van der Waals surface area contributed by atoms with E-state index < -0.39 is 11.0 Å². The van der Waals surface area contributed by atoms with E-state index in [0.717, 1.165) is 11.8 Å². The summed E-state index contributed by atoms with van der Waals surface area (Å²) in [6, 6.07) is 10.3. The summed E-state index contributed by atoms with van der Waals surface area (Å²) >= 11 is 0. The van der Waals surface area contributed by atoms with Gasteiger partial charge in [0, 0.05) is 13.2 Å². The summed E-state index contributed by atoms with van der Waals surface area (Å²) in [6.45, 7) is 1.88. The van der Waals surface area contributed by atoms with Gasteiger partial charge in [0.1, 0.15) is 11.9 Å². The lowest BCUT2D eigenvalue weighted by atomic mass is 10.1. The topological polar surface area (TPSA) is 88.4 Å². The smallest absolute Gasteiger partial charge is 0.321 e. The highest BCUT2D eigenvalue weighted by molar-refractivity contribution is 5.91. The molecule has 7 nitrogen and oxygen atoms in total. The van der Waals surface area contributed by atoms with Crippen LogP contribution in [0, 0.1) is 10.1 Å². The van der Waals surface area contributed by atoms with E-state index in [4.69, 9.17) is 0 Å². The zero-order chi connectivity index (χ0) is 16.1. The minimum absolute atomic E-state index is 0.122. The lowest BCUT2D eigenvalue weighted by Gasteiger charge is -2.25. The molecule has 0 aliphatic carbocycles. The van der Waals surface area contributed by atoms with Gasteiger partial charge in [-0.3, -0.25) is 15.1 Å². The number of nitro groups is 1. The highest BCUT2D eigenvalue weighted by Gasteiger charge is 2.21. The van der Waals surface area contributed by atoms with Crippen LogP contribution in [0.3, 0.4) is 0 Å². The third-order valence-corrected chi connectivity index (χ3v) is 3.42. The summed E-state index contributed by atoms with van der Waals surface area (Å²) in [5, 5.41) is 13.5. The second-order valence-electron chi connectivity index (χ2n) is 4.78. The number of anilines is 1. The van der Waals surface area contributed by atoms with Crippen molar-refractivity contribution in [1.82, 2.24) is 9.88 Å². The van der Waals surface area contributed by atoms with Crippen LogP contribution in [0.5, 0.6) is 0 Å². The first-order valence-corrected chi connectivity index (χ1v) is 6.68. The van der Waals surface area contributed by atoms with Gasteiger partial charge in [-0.15, -0.1) is 0 Å². The van der Waals surface area contributed by atoms with Gasteiger partial charge in [0.05, 0.1) is 11.0 Å². The van der Waals surface area contributed by atoms with Crippen LogP contribution in [0.25, 0.3) is 0 Å². The Morgan fingerprint density at radius 3 is 2.64 bits per heavy atom. The van der Waals surface area contributed by atoms with E-state index in [1.807, 2.05) is 37.3 Å². The minimum Gasteiger partial charge on any atom is -0.321 e. The molecule has 1 heterocycles. The largest absolute Gasteiger partial charge is 0.322 e. The molecule has 0 radical (unpaired) electrons. The van der Waals surface area contributed by atoms with Crippen molar-refractivity contribution in [2.24, 2.45) is 0 Å². The van der Waals surface area contributed by atoms with Gasteiger partial charge in [-0.25, -0.2) is 4.79 Å². The number of hydrogen-bond donors (Lipinski definition) is 1. The summed E-state index contributed by atoms with van der Waals surface area (Å²) in [6.07, 6.45) is 2.50. The van der Waals surface area contributed by atoms with Crippen molar-refractivity contribution >= 4 is 17.4 Å². The highest BCUT2D eigenvalue weighted by Crippen LogP contribution is 2.24. The molecule has 1 atom stereocenters. The van der Waals surface area contributed by atoms with Gasteiger partial charge in [-0.2, -0.15) is 0 Å². The molecule has 7 heteroatoms. The van der Waals surface area contributed by atoms with Gasteiger partial charge in [0.15, 0.2) is 0 Å². The van der Waals surface area contributed by atoms with Crippen molar-refractivity contribution in [3.63, 3.8) is 0 Å². The maximum absolute atomic E-state index is 12.3. The van der Waals surface area contributed by atoms with Gasteiger partial charge in [-0.1, -0.05) is 30.3 Å². The average Bonchev–Trinajstić information content (AvgIpc) is 2.54. The Morgan fingerprint density at radius 1 is 1.32 bits per heavy atom. The van der Waals surface area contributed by atoms with Gasteiger partial charge >= 0.3 is 11.7 Å². The van der Waals surface area contributed by atoms with E-state index in [9.17, 15) is 14.9 Å². The summed E-state index contributed by atoms with van der Waals surface area (Å²) in [4.78, 5) is 27.8. The SMILES string of the molecule is C[C@@H](c1ccccc1)N(C)C(=O)Nc1ccncc1[N+](=O)[O-].